The second-order valence-electron chi connectivity index (χ2n) is 7.98. The van der Waals surface area contributed by atoms with Crippen molar-refractivity contribution in [3.8, 4) is 0 Å². The van der Waals surface area contributed by atoms with E-state index < -0.39 is 5.97 Å². The van der Waals surface area contributed by atoms with Crippen molar-refractivity contribution in [3.63, 3.8) is 0 Å². The molecule has 0 radical (unpaired) electrons. The summed E-state index contributed by atoms with van der Waals surface area (Å²) in [5.74, 6) is -0.167. The molecule has 1 atom stereocenters. The van der Waals surface area contributed by atoms with E-state index in [-0.39, 0.29) is 0 Å². The van der Waals surface area contributed by atoms with Crippen LogP contribution in [0.3, 0.4) is 0 Å². The fraction of sp³-hybridized carbons (Fsp3) is 0.417. The van der Waals surface area contributed by atoms with E-state index >= 15 is 0 Å². The number of carboxylic acid groups (broad SMARTS) is 1. The fourth-order valence-electron chi connectivity index (χ4n) is 4.75. The van der Waals surface area contributed by atoms with Crippen LogP contribution in [-0.4, -0.2) is 20.6 Å². The maximum absolute atomic E-state index is 12.0. The van der Waals surface area contributed by atoms with Crippen LogP contribution in [-0.2, 0) is 19.4 Å². The van der Waals surface area contributed by atoms with Crippen LogP contribution in [0.1, 0.15) is 66.2 Å². The van der Waals surface area contributed by atoms with Crippen molar-refractivity contribution in [1.82, 2.24) is 9.55 Å². The van der Waals surface area contributed by atoms with Crippen LogP contribution in [0.4, 0.5) is 0 Å². The normalized spacial score (nSPS) is 16.7. The Kier molecular flexibility index (Phi) is 5.47. The molecule has 0 amide bonds. The molecule has 0 saturated carbocycles. The summed E-state index contributed by atoms with van der Waals surface area (Å²) in [4.78, 5) is 16.2. The molecule has 0 fully saturated rings. The number of unbranched alkanes of at least 4 members (excludes halogenated alkanes) is 1. The lowest BCUT2D eigenvalue weighted by molar-refractivity contribution is 0.0698. The molecule has 1 aliphatic rings. The van der Waals surface area contributed by atoms with Crippen LogP contribution in [0.5, 0.6) is 0 Å². The summed E-state index contributed by atoms with van der Waals surface area (Å²) in [5, 5.41) is 11.0. The number of carboxylic acids is 1. The van der Waals surface area contributed by atoms with Gasteiger partial charge in [0, 0.05) is 30.0 Å². The van der Waals surface area contributed by atoms with Gasteiger partial charge in [0.2, 0.25) is 0 Å². The van der Waals surface area contributed by atoms with Gasteiger partial charge in [0.25, 0.3) is 0 Å². The molecule has 2 heterocycles. The maximum atomic E-state index is 12.0. The summed E-state index contributed by atoms with van der Waals surface area (Å²) in [6.07, 6.45) is 12.0. The number of rotatable bonds is 6. The van der Waals surface area contributed by atoms with Gasteiger partial charge in [-0.1, -0.05) is 44.4 Å². The van der Waals surface area contributed by atoms with E-state index in [4.69, 9.17) is 0 Å². The number of fused-ring (bicyclic) bond motifs is 3. The molecule has 0 bridgehead atoms. The largest absolute Gasteiger partial charge is 0.478 e. The first-order valence-corrected chi connectivity index (χ1v) is 10.4. The number of aromatic carboxylic acids is 1. The standard InChI is InChI=1S/C24H28N2O2/c1-2-3-7-17-8-4-10-19-20-11-5-12-21(24(27)28)23(20)26(22(19)14-17)16-18-9-6-13-25-15-18/h5-6,9,11-13,15,17H,2-4,7-8,10,14,16H2,1H3,(H,27,28). The lowest BCUT2D eigenvalue weighted by atomic mass is 9.94. The molecule has 3 aromatic rings. The maximum Gasteiger partial charge on any atom is 0.337 e. The van der Waals surface area contributed by atoms with Crippen LogP contribution >= 0.6 is 0 Å². The van der Waals surface area contributed by atoms with Gasteiger partial charge in [-0.15, -0.1) is 0 Å². The lowest BCUT2D eigenvalue weighted by Crippen LogP contribution is -2.12. The SMILES string of the molecule is CCCCC1CCCc2c(n(Cc3cccnc3)c3c(C(=O)O)cccc23)C1. The van der Waals surface area contributed by atoms with Gasteiger partial charge in [-0.3, -0.25) is 4.98 Å². The zero-order valence-corrected chi connectivity index (χ0v) is 16.5. The second-order valence-corrected chi connectivity index (χ2v) is 7.98. The topological polar surface area (TPSA) is 55.1 Å². The van der Waals surface area contributed by atoms with E-state index in [1.165, 1.54) is 43.4 Å². The van der Waals surface area contributed by atoms with Crippen LogP contribution in [0.2, 0.25) is 0 Å². The van der Waals surface area contributed by atoms with E-state index in [1.807, 2.05) is 18.3 Å². The van der Waals surface area contributed by atoms with Crippen LogP contribution in [0.15, 0.2) is 42.7 Å². The van der Waals surface area contributed by atoms with E-state index in [1.54, 1.807) is 12.3 Å². The van der Waals surface area contributed by atoms with Gasteiger partial charge in [0.1, 0.15) is 0 Å². The molecular formula is C24H28N2O2. The van der Waals surface area contributed by atoms with Crippen molar-refractivity contribution < 1.29 is 9.90 Å². The monoisotopic (exact) mass is 376 g/mol. The first-order valence-electron chi connectivity index (χ1n) is 10.4. The quantitative estimate of drug-likeness (QED) is 0.581. The third-order valence-corrected chi connectivity index (χ3v) is 6.09. The Balaban J connectivity index is 1.88. The van der Waals surface area contributed by atoms with Crippen molar-refractivity contribution in [2.24, 2.45) is 5.92 Å². The minimum absolute atomic E-state index is 0.402. The van der Waals surface area contributed by atoms with Crippen molar-refractivity contribution in [2.45, 2.75) is 58.4 Å². The van der Waals surface area contributed by atoms with E-state index in [9.17, 15) is 9.90 Å². The highest BCUT2D eigenvalue weighted by Crippen LogP contribution is 2.36. The number of aryl methyl sites for hydroxylation is 1. The molecule has 1 aliphatic carbocycles. The van der Waals surface area contributed by atoms with Gasteiger partial charge in [-0.05, 0) is 54.9 Å². The molecule has 0 saturated heterocycles. The highest BCUT2D eigenvalue weighted by atomic mass is 16.4. The average molecular weight is 377 g/mol. The average Bonchev–Trinajstić information content (AvgIpc) is 2.86. The van der Waals surface area contributed by atoms with Crippen LogP contribution in [0.25, 0.3) is 10.9 Å². The number of hydrogen-bond acceptors (Lipinski definition) is 2. The summed E-state index contributed by atoms with van der Waals surface area (Å²) in [7, 11) is 0. The number of carbonyl (C=O) groups is 1. The zero-order chi connectivity index (χ0) is 19.5. The molecule has 28 heavy (non-hydrogen) atoms. The molecule has 4 heteroatoms. The summed E-state index contributed by atoms with van der Waals surface area (Å²) in [6.45, 7) is 2.92. The fourth-order valence-corrected chi connectivity index (χ4v) is 4.75. The third-order valence-electron chi connectivity index (χ3n) is 6.09. The number of aromatic nitrogens is 2. The van der Waals surface area contributed by atoms with Crippen molar-refractivity contribution in [3.05, 3.63) is 65.1 Å². The molecule has 4 nitrogen and oxygen atoms in total. The Hall–Kier alpha value is -2.62. The number of benzene rings is 1. The Morgan fingerprint density at radius 1 is 1.29 bits per heavy atom. The molecular weight excluding hydrogens is 348 g/mol. The summed E-state index contributed by atoms with van der Waals surface area (Å²) >= 11 is 0. The summed E-state index contributed by atoms with van der Waals surface area (Å²) < 4.78 is 2.27. The van der Waals surface area contributed by atoms with E-state index in [0.29, 0.717) is 18.0 Å². The number of para-hydroxylation sites is 1. The van der Waals surface area contributed by atoms with Gasteiger partial charge in [-0.25, -0.2) is 4.79 Å². The molecule has 1 N–H and O–H groups in total. The lowest BCUT2D eigenvalue weighted by Gasteiger charge is -2.17. The minimum atomic E-state index is -0.853. The Morgan fingerprint density at radius 2 is 2.18 bits per heavy atom. The number of nitrogens with zero attached hydrogens (tertiary/aromatic N) is 2. The summed E-state index contributed by atoms with van der Waals surface area (Å²) in [6, 6.07) is 9.74. The first kappa shape index (κ1) is 18.7. The van der Waals surface area contributed by atoms with Crippen molar-refractivity contribution in [1.29, 1.82) is 0 Å². The Morgan fingerprint density at radius 3 is 2.93 bits per heavy atom. The molecule has 146 valence electrons. The first-order chi connectivity index (χ1) is 13.7. The second kappa shape index (κ2) is 8.17. The predicted octanol–water partition coefficient (Wildman–Crippen LogP) is 5.47. The van der Waals surface area contributed by atoms with E-state index in [0.717, 1.165) is 29.3 Å². The van der Waals surface area contributed by atoms with E-state index in [2.05, 4.69) is 28.6 Å². The van der Waals surface area contributed by atoms with Gasteiger partial charge in [-0.2, -0.15) is 0 Å². The Bertz CT molecular complexity index is 975. The minimum Gasteiger partial charge on any atom is -0.478 e. The van der Waals surface area contributed by atoms with Crippen molar-refractivity contribution >= 4 is 16.9 Å². The highest BCUT2D eigenvalue weighted by molar-refractivity contribution is 6.04. The molecule has 0 aliphatic heterocycles. The zero-order valence-electron chi connectivity index (χ0n) is 16.5. The molecule has 1 aromatic carbocycles. The molecule has 2 aromatic heterocycles. The van der Waals surface area contributed by atoms with Crippen LogP contribution in [0, 0.1) is 5.92 Å². The Labute approximate surface area is 166 Å². The van der Waals surface area contributed by atoms with Gasteiger partial charge in [0.05, 0.1) is 11.1 Å². The third kappa shape index (κ3) is 3.56. The summed E-state index contributed by atoms with van der Waals surface area (Å²) in [5.41, 5.74) is 5.09. The number of hydrogen-bond donors (Lipinski definition) is 1. The van der Waals surface area contributed by atoms with Gasteiger partial charge >= 0.3 is 5.97 Å². The number of pyridine rings is 1. The smallest absolute Gasteiger partial charge is 0.337 e. The van der Waals surface area contributed by atoms with Crippen molar-refractivity contribution in [2.75, 3.05) is 0 Å². The predicted molar refractivity (Wildman–Crippen MR) is 112 cm³/mol. The molecule has 4 rings (SSSR count). The molecule has 0 spiro atoms. The van der Waals surface area contributed by atoms with Crippen LogP contribution < -0.4 is 0 Å². The van der Waals surface area contributed by atoms with Gasteiger partial charge < -0.3 is 9.67 Å². The highest BCUT2D eigenvalue weighted by Gasteiger charge is 2.26. The molecule has 1 unspecified atom stereocenters. The van der Waals surface area contributed by atoms with Gasteiger partial charge in [0.15, 0.2) is 0 Å².